The number of likely N-dealkylation sites (tertiary alicyclic amines) is 1. The standard InChI is InChI=1S/C22H33N3O5S/c1-29-20-16-24(14-11-22(20)10-5-15-30-22)17-21(26)23-18-6-8-19(9-7-18)31(27,28)25-12-3-2-4-13-25/h6-9,20H,2-5,10-17H2,1H3,(H,23,26)/t20-,22-/m0/s1. The number of piperidine rings is 2. The molecule has 8 nitrogen and oxygen atoms in total. The van der Waals surface area contributed by atoms with Crippen molar-refractivity contribution in [2.45, 2.75) is 55.1 Å². The Labute approximate surface area is 184 Å². The van der Waals surface area contributed by atoms with E-state index in [0.717, 1.165) is 51.7 Å². The molecule has 3 aliphatic heterocycles. The lowest BCUT2D eigenvalue weighted by Gasteiger charge is -2.44. The number of ether oxygens (including phenoxy) is 2. The Morgan fingerprint density at radius 2 is 1.87 bits per heavy atom. The largest absolute Gasteiger partial charge is 0.377 e. The van der Waals surface area contributed by atoms with Gasteiger partial charge < -0.3 is 14.8 Å². The molecular formula is C22H33N3O5S. The van der Waals surface area contributed by atoms with Crippen LogP contribution >= 0.6 is 0 Å². The molecule has 4 rings (SSSR count). The lowest BCUT2D eigenvalue weighted by atomic mass is 9.86. The second kappa shape index (κ2) is 9.54. The maximum atomic E-state index is 12.8. The number of nitrogens with zero attached hydrogens (tertiary/aromatic N) is 2. The first-order valence-electron chi connectivity index (χ1n) is 11.2. The zero-order valence-electron chi connectivity index (χ0n) is 18.2. The summed E-state index contributed by atoms with van der Waals surface area (Å²) in [7, 11) is -1.76. The molecule has 0 radical (unpaired) electrons. The summed E-state index contributed by atoms with van der Waals surface area (Å²) in [6.07, 6.45) is 5.79. The third-order valence-corrected chi connectivity index (χ3v) is 8.65. The van der Waals surface area contributed by atoms with Crippen LogP contribution in [0.15, 0.2) is 29.2 Å². The molecular weight excluding hydrogens is 418 g/mol. The van der Waals surface area contributed by atoms with E-state index in [1.54, 1.807) is 35.7 Å². The topological polar surface area (TPSA) is 88.2 Å². The zero-order chi connectivity index (χ0) is 21.9. The van der Waals surface area contributed by atoms with E-state index in [2.05, 4.69) is 10.2 Å². The van der Waals surface area contributed by atoms with E-state index in [1.165, 1.54) is 0 Å². The van der Waals surface area contributed by atoms with E-state index in [-0.39, 0.29) is 29.1 Å². The van der Waals surface area contributed by atoms with Crippen LogP contribution in [0.4, 0.5) is 5.69 Å². The van der Waals surface area contributed by atoms with Crippen LogP contribution in [0.25, 0.3) is 0 Å². The van der Waals surface area contributed by atoms with E-state index in [4.69, 9.17) is 9.47 Å². The fraction of sp³-hybridized carbons (Fsp3) is 0.682. The van der Waals surface area contributed by atoms with Gasteiger partial charge in [0.2, 0.25) is 15.9 Å². The first-order chi connectivity index (χ1) is 14.9. The number of amides is 1. The summed E-state index contributed by atoms with van der Waals surface area (Å²) in [5, 5.41) is 2.88. The summed E-state index contributed by atoms with van der Waals surface area (Å²) < 4.78 is 38.8. The number of hydrogen-bond acceptors (Lipinski definition) is 6. The second-order valence-corrected chi connectivity index (χ2v) is 10.7. The third kappa shape index (κ3) is 4.96. The van der Waals surface area contributed by atoms with Crippen LogP contribution in [0.5, 0.6) is 0 Å². The highest BCUT2D eigenvalue weighted by Crippen LogP contribution is 2.37. The van der Waals surface area contributed by atoms with Crippen molar-refractivity contribution in [3.05, 3.63) is 24.3 Å². The van der Waals surface area contributed by atoms with Gasteiger partial charge in [0.15, 0.2) is 0 Å². The van der Waals surface area contributed by atoms with Gasteiger partial charge in [-0.3, -0.25) is 9.69 Å². The molecule has 31 heavy (non-hydrogen) atoms. The van der Waals surface area contributed by atoms with Gasteiger partial charge in [-0.15, -0.1) is 0 Å². The molecule has 172 valence electrons. The monoisotopic (exact) mass is 451 g/mol. The van der Waals surface area contributed by atoms with Crippen LogP contribution in [0, 0.1) is 0 Å². The molecule has 1 amide bonds. The highest BCUT2D eigenvalue weighted by molar-refractivity contribution is 7.89. The van der Waals surface area contributed by atoms with Crippen LogP contribution in [0.3, 0.4) is 0 Å². The molecule has 9 heteroatoms. The Balaban J connectivity index is 1.32. The van der Waals surface area contributed by atoms with Crippen molar-refractivity contribution in [2.24, 2.45) is 0 Å². The van der Waals surface area contributed by atoms with E-state index < -0.39 is 10.0 Å². The smallest absolute Gasteiger partial charge is 0.243 e. The highest BCUT2D eigenvalue weighted by atomic mass is 32.2. The van der Waals surface area contributed by atoms with E-state index in [1.807, 2.05) is 0 Å². The third-order valence-electron chi connectivity index (χ3n) is 6.74. The van der Waals surface area contributed by atoms with E-state index in [0.29, 0.717) is 25.3 Å². The molecule has 0 bridgehead atoms. The zero-order valence-corrected chi connectivity index (χ0v) is 19.0. The average molecular weight is 452 g/mol. The van der Waals surface area contributed by atoms with Gasteiger partial charge in [-0.2, -0.15) is 4.31 Å². The fourth-order valence-corrected chi connectivity index (χ4v) is 6.49. The number of carbonyl (C=O) groups is 1. The fourth-order valence-electron chi connectivity index (χ4n) is 4.97. The number of rotatable bonds is 6. The molecule has 3 heterocycles. The summed E-state index contributed by atoms with van der Waals surface area (Å²) in [5.74, 6) is -0.121. The van der Waals surface area contributed by atoms with Crippen LogP contribution < -0.4 is 5.32 Å². The molecule has 0 saturated carbocycles. The second-order valence-electron chi connectivity index (χ2n) is 8.76. The highest BCUT2D eigenvalue weighted by Gasteiger charge is 2.46. The summed E-state index contributed by atoms with van der Waals surface area (Å²) >= 11 is 0. The van der Waals surface area contributed by atoms with Gasteiger partial charge in [0.25, 0.3) is 0 Å². The Bertz CT molecular complexity index is 862. The lowest BCUT2D eigenvalue weighted by Crippen LogP contribution is -2.57. The molecule has 0 aliphatic carbocycles. The van der Waals surface area contributed by atoms with Crippen molar-refractivity contribution >= 4 is 21.6 Å². The Kier molecular flexibility index (Phi) is 6.98. The van der Waals surface area contributed by atoms with Crippen LogP contribution in [-0.2, 0) is 24.3 Å². The Morgan fingerprint density at radius 3 is 2.52 bits per heavy atom. The quantitative estimate of drug-likeness (QED) is 0.712. The SMILES string of the molecule is CO[C@H]1CN(CC(=O)Nc2ccc(S(=O)(=O)N3CCCCC3)cc2)CC[C@@]12CCCO2. The number of methoxy groups -OCH3 is 1. The van der Waals surface area contributed by atoms with Crippen molar-refractivity contribution in [3.8, 4) is 0 Å². The van der Waals surface area contributed by atoms with Crippen LogP contribution in [-0.4, -0.2) is 81.7 Å². The van der Waals surface area contributed by atoms with Gasteiger partial charge in [-0.1, -0.05) is 6.42 Å². The van der Waals surface area contributed by atoms with Gasteiger partial charge in [-0.25, -0.2) is 8.42 Å². The van der Waals surface area contributed by atoms with Crippen molar-refractivity contribution in [1.29, 1.82) is 0 Å². The first-order valence-corrected chi connectivity index (χ1v) is 12.7. The van der Waals surface area contributed by atoms with E-state index in [9.17, 15) is 13.2 Å². The van der Waals surface area contributed by atoms with Crippen molar-refractivity contribution in [2.75, 3.05) is 51.8 Å². The maximum Gasteiger partial charge on any atom is 0.243 e. The average Bonchev–Trinajstić information content (AvgIpc) is 3.25. The molecule has 0 unspecified atom stereocenters. The van der Waals surface area contributed by atoms with Crippen molar-refractivity contribution in [1.82, 2.24) is 9.21 Å². The van der Waals surface area contributed by atoms with Crippen LogP contribution in [0.1, 0.15) is 38.5 Å². The number of benzene rings is 1. The predicted molar refractivity (Wildman–Crippen MR) is 117 cm³/mol. The summed E-state index contributed by atoms with van der Waals surface area (Å²) in [4.78, 5) is 14.9. The van der Waals surface area contributed by atoms with Crippen molar-refractivity contribution in [3.63, 3.8) is 0 Å². The minimum absolute atomic E-state index is 0.0316. The summed E-state index contributed by atoms with van der Waals surface area (Å²) in [5.41, 5.74) is 0.399. The molecule has 1 aromatic carbocycles. The minimum Gasteiger partial charge on any atom is -0.377 e. The normalized spacial score (nSPS) is 28.1. The number of anilines is 1. The molecule has 3 fully saturated rings. The van der Waals surface area contributed by atoms with Gasteiger partial charge in [0, 0.05) is 45.6 Å². The molecule has 3 saturated heterocycles. The minimum atomic E-state index is -3.46. The van der Waals surface area contributed by atoms with Gasteiger partial charge >= 0.3 is 0 Å². The molecule has 2 atom stereocenters. The first kappa shape index (κ1) is 22.7. The molecule has 3 aliphatic rings. The molecule has 1 aromatic rings. The van der Waals surface area contributed by atoms with Gasteiger partial charge in [-0.05, 0) is 56.4 Å². The molecule has 1 spiro atoms. The number of sulfonamides is 1. The summed E-state index contributed by atoms with van der Waals surface area (Å²) in [6, 6.07) is 6.46. The van der Waals surface area contributed by atoms with Gasteiger partial charge in [0.1, 0.15) is 0 Å². The van der Waals surface area contributed by atoms with E-state index >= 15 is 0 Å². The Hall–Kier alpha value is -1.52. The Morgan fingerprint density at radius 1 is 1.13 bits per heavy atom. The number of nitrogens with one attached hydrogen (secondary N) is 1. The number of carbonyl (C=O) groups excluding carboxylic acids is 1. The van der Waals surface area contributed by atoms with Crippen molar-refractivity contribution < 1.29 is 22.7 Å². The molecule has 1 N–H and O–H groups in total. The lowest BCUT2D eigenvalue weighted by molar-refractivity contribution is -0.145. The number of hydrogen-bond donors (Lipinski definition) is 1. The predicted octanol–water partition coefficient (Wildman–Crippen LogP) is 2.07. The molecule has 0 aromatic heterocycles. The van der Waals surface area contributed by atoms with Crippen LogP contribution in [0.2, 0.25) is 0 Å². The summed E-state index contributed by atoms with van der Waals surface area (Å²) in [6.45, 7) is 3.65. The maximum absolute atomic E-state index is 12.8. The van der Waals surface area contributed by atoms with Gasteiger partial charge in [0.05, 0.1) is 23.1 Å².